The van der Waals surface area contributed by atoms with E-state index in [4.69, 9.17) is 0 Å². The smallest absolute Gasteiger partial charge is 0.251 e. The second-order valence-electron chi connectivity index (χ2n) is 5.18. The molecule has 2 aromatic rings. The number of rotatable bonds is 5. The van der Waals surface area contributed by atoms with Gasteiger partial charge in [0, 0.05) is 30.4 Å². The van der Waals surface area contributed by atoms with Crippen LogP contribution in [0.3, 0.4) is 0 Å². The van der Waals surface area contributed by atoms with Gasteiger partial charge in [-0.2, -0.15) is 5.10 Å². The molecule has 0 radical (unpaired) electrons. The molecule has 0 aliphatic rings. The number of benzene rings is 1. The molecule has 0 saturated heterocycles. The molecule has 116 valence electrons. The topological polar surface area (TPSA) is 86.9 Å². The Kier molecular flexibility index (Phi) is 4.93. The Morgan fingerprint density at radius 2 is 2.05 bits per heavy atom. The van der Waals surface area contributed by atoms with Crippen LogP contribution in [-0.4, -0.2) is 28.6 Å². The van der Waals surface area contributed by atoms with Crippen molar-refractivity contribution in [2.75, 3.05) is 11.9 Å². The molecule has 0 aliphatic carbocycles. The number of nitrogens with zero attached hydrogens (tertiary/aromatic N) is 1. The van der Waals surface area contributed by atoms with Crippen LogP contribution >= 0.6 is 0 Å². The molecule has 0 aliphatic heterocycles. The summed E-state index contributed by atoms with van der Waals surface area (Å²) in [5.41, 5.74) is 4.25. The summed E-state index contributed by atoms with van der Waals surface area (Å²) in [5.74, 6) is -0.325. The molecular weight excluding hydrogens is 280 g/mol. The summed E-state index contributed by atoms with van der Waals surface area (Å²) >= 11 is 0. The summed E-state index contributed by atoms with van der Waals surface area (Å²) in [6, 6.07) is 6.86. The zero-order chi connectivity index (χ0) is 16.1. The molecule has 0 atom stereocenters. The lowest BCUT2D eigenvalue weighted by Gasteiger charge is -2.07. The summed E-state index contributed by atoms with van der Waals surface area (Å²) < 4.78 is 0. The summed E-state index contributed by atoms with van der Waals surface area (Å²) in [4.78, 5) is 23.2. The van der Waals surface area contributed by atoms with E-state index in [2.05, 4.69) is 20.8 Å². The number of carbonyl (C=O) groups is 2. The van der Waals surface area contributed by atoms with E-state index in [0.717, 1.165) is 23.4 Å². The molecule has 6 nitrogen and oxygen atoms in total. The lowest BCUT2D eigenvalue weighted by Crippen LogP contribution is -2.26. The van der Waals surface area contributed by atoms with E-state index in [9.17, 15) is 9.59 Å². The maximum Gasteiger partial charge on any atom is 0.251 e. The highest BCUT2D eigenvalue weighted by Crippen LogP contribution is 2.11. The van der Waals surface area contributed by atoms with Crippen LogP contribution in [0.15, 0.2) is 24.3 Å². The molecule has 1 aromatic carbocycles. The Morgan fingerprint density at radius 1 is 1.27 bits per heavy atom. The van der Waals surface area contributed by atoms with Crippen molar-refractivity contribution in [3.8, 4) is 0 Å². The Morgan fingerprint density at radius 3 is 2.68 bits per heavy atom. The third-order valence-electron chi connectivity index (χ3n) is 3.39. The number of amides is 2. The molecule has 0 saturated carbocycles. The van der Waals surface area contributed by atoms with Gasteiger partial charge in [0.15, 0.2) is 0 Å². The number of anilines is 1. The third-order valence-corrected chi connectivity index (χ3v) is 3.39. The summed E-state index contributed by atoms with van der Waals surface area (Å²) in [6.07, 6.45) is 0.727. The van der Waals surface area contributed by atoms with Crippen LogP contribution in [0.1, 0.15) is 34.2 Å². The van der Waals surface area contributed by atoms with Gasteiger partial charge in [-0.05, 0) is 44.0 Å². The lowest BCUT2D eigenvalue weighted by atomic mass is 10.1. The lowest BCUT2D eigenvalue weighted by molar-refractivity contribution is -0.114. The average molecular weight is 300 g/mol. The standard InChI is InChI=1S/C16H20N4O2/c1-10-15(11(2)20-19-10)7-8-17-16(22)13-5-4-6-14(9-13)18-12(3)21/h4-6,9H,7-8H2,1-3H3,(H,17,22)(H,18,21)(H,19,20). The summed E-state index contributed by atoms with van der Waals surface area (Å²) in [6.45, 7) is 5.87. The van der Waals surface area contributed by atoms with Crippen LogP contribution in [0.5, 0.6) is 0 Å². The first-order valence-corrected chi connectivity index (χ1v) is 7.13. The molecule has 6 heteroatoms. The first kappa shape index (κ1) is 15.8. The van der Waals surface area contributed by atoms with E-state index in [0.29, 0.717) is 17.8 Å². The second kappa shape index (κ2) is 6.89. The molecule has 0 spiro atoms. The highest BCUT2D eigenvalue weighted by molar-refractivity contribution is 5.96. The number of H-pyrrole nitrogens is 1. The monoisotopic (exact) mass is 300 g/mol. The van der Waals surface area contributed by atoms with Crippen molar-refractivity contribution in [1.29, 1.82) is 0 Å². The number of hydrogen-bond acceptors (Lipinski definition) is 3. The maximum atomic E-state index is 12.1. The summed E-state index contributed by atoms with van der Waals surface area (Å²) in [7, 11) is 0. The van der Waals surface area contributed by atoms with Gasteiger partial charge in [-0.1, -0.05) is 6.07 Å². The molecule has 3 N–H and O–H groups in total. The van der Waals surface area contributed by atoms with Crippen molar-refractivity contribution in [1.82, 2.24) is 15.5 Å². The number of nitrogens with one attached hydrogen (secondary N) is 3. The molecule has 1 heterocycles. The predicted octanol–water partition coefficient (Wildman–Crippen LogP) is 1.96. The van der Waals surface area contributed by atoms with Crippen LogP contribution in [-0.2, 0) is 11.2 Å². The van der Waals surface area contributed by atoms with E-state index >= 15 is 0 Å². The fourth-order valence-corrected chi connectivity index (χ4v) is 2.29. The first-order valence-electron chi connectivity index (χ1n) is 7.13. The van der Waals surface area contributed by atoms with E-state index < -0.39 is 0 Å². The SMILES string of the molecule is CC(=O)Nc1cccc(C(=O)NCCc2c(C)n[nH]c2C)c1. The third kappa shape index (κ3) is 3.94. The molecule has 2 rings (SSSR count). The molecule has 22 heavy (non-hydrogen) atoms. The van der Waals surface area contributed by atoms with Crippen molar-refractivity contribution in [2.45, 2.75) is 27.2 Å². The average Bonchev–Trinajstić information content (AvgIpc) is 2.78. The zero-order valence-corrected chi connectivity index (χ0v) is 13.0. The van der Waals surface area contributed by atoms with Crippen LogP contribution in [0.2, 0.25) is 0 Å². The largest absolute Gasteiger partial charge is 0.352 e. The van der Waals surface area contributed by atoms with Gasteiger partial charge in [-0.25, -0.2) is 0 Å². The van der Waals surface area contributed by atoms with Gasteiger partial charge in [-0.15, -0.1) is 0 Å². The van der Waals surface area contributed by atoms with Gasteiger partial charge < -0.3 is 10.6 Å². The summed E-state index contributed by atoms with van der Waals surface area (Å²) in [5, 5.41) is 12.6. The molecule has 0 unspecified atom stereocenters. The van der Waals surface area contributed by atoms with Crippen LogP contribution in [0, 0.1) is 13.8 Å². The van der Waals surface area contributed by atoms with Gasteiger partial charge in [-0.3, -0.25) is 14.7 Å². The minimum atomic E-state index is -0.163. The molecular formula is C16H20N4O2. The van der Waals surface area contributed by atoms with Crippen LogP contribution in [0.25, 0.3) is 0 Å². The van der Waals surface area contributed by atoms with Gasteiger partial charge in [0.25, 0.3) is 5.91 Å². The molecule has 0 fully saturated rings. The fourth-order valence-electron chi connectivity index (χ4n) is 2.29. The fraction of sp³-hybridized carbons (Fsp3) is 0.312. The number of aromatic amines is 1. The van der Waals surface area contributed by atoms with Gasteiger partial charge in [0.05, 0.1) is 5.69 Å². The second-order valence-corrected chi connectivity index (χ2v) is 5.18. The number of aryl methyl sites for hydroxylation is 2. The van der Waals surface area contributed by atoms with Gasteiger partial charge in [0.2, 0.25) is 5.91 Å². The Labute approximate surface area is 129 Å². The molecule has 0 bridgehead atoms. The van der Waals surface area contributed by atoms with Gasteiger partial charge in [0.1, 0.15) is 0 Å². The molecule has 1 aromatic heterocycles. The Bertz CT molecular complexity index is 672. The number of hydrogen-bond donors (Lipinski definition) is 3. The van der Waals surface area contributed by atoms with Crippen molar-refractivity contribution in [3.63, 3.8) is 0 Å². The number of carbonyl (C=O) groups excluding carboxylic acids is 2. The maximum absolute atomic E-state index is 12.1. The zero-order valence-electron chi connectivity index (χ0n) is 13.0. The number of aromatic nitrogens is 2. The van der Waals surface area contributed by atoms with Gasteiger partial charge >= 0.3 is 0 Å². The predicted molar refractivity (Wildman–Crippen MR) is 84.8 cm³/mol. The van der Waals surface area contributed by atoms with E-state index in [1.807, 2.05) is 13.8 Å². The van der Waals surface area contributed by atoms with Crippen molar-refractivity contribution in [3.05, 3.63) is 46.8 Å². The normalized spacial score (nSPS) is 10.3. The minimum Gasteiger partial charge on any atom is -0.352 e. The van der Waals surface area contributed by atoms with E-state index in [1.54, 1.807) is 24.3 Å². The van der Waals surface area contributed by atoms with E-state index in [-0.39, 0.29) is 11.8 Å². The van der Waals surface area contributed by atoms with Crippen molar-refractivity contribution >= 4 is 17.5 Å². The van der Waals surface area contributed by atoms with Crippen LogP contribution in [0.4, 0.5) is 5.69 Å². The first-order chi connectivity index (χ1) is 10.5. The quantitative estimate of drug-likeness (QED) is 0.789. The highest BCUT2D eigenvalue weighted by Gasteiger charge is 2.09. The minimum absolute atomic E-state index is 0.161. The Balaban J connectivity index is 1.93. The van der Waals surface area contributed by atoms with Crippen LogP contribution < -0.4 is 10.6 Å². The highest BCUT2D eigenvalue weighted by atomic mass is 16.2. The molecule has 2 amide bonds. The van der Waals surface area contributed by atoms with Crippen molar-refractivity contribution < 1.29 is 9.59 Å². The van der Waals surface area contributed by atoms with Crippen molar-refractivity contribution in [2.24, 2.45) is 0 Å². The van der Waals surface area contributed by atoms with E-state index in [1.165, 1.54) is 6.92 Å². The Hall–Kier alpha value is -2.63.